The van der Waals surface area contributed by atoms with Gasteiger partial charge in [0.25, 0.3) is 0 Å². The second-order valence-electron chi connectivity index (χ2n) is 13.8. The average molecular weight is 593 g/mol. The highest BCUT2D eigenvalue weighted by atomic mass is 16.5. The molecule has 0 radical (unpaired) electrons. The molecule has 0 aromatic heterocycles. The summed E-state index contributed by atoms with van der Waals surface area (Å²) in [6.07, 6.45) is 43.3. The Bertz CT molecular complexity index is 516. The number of hydrogen-bond acceptors (Lipinski definition) is 2. The SMILES string of the molecule is CCCCCCCCCCCCCCCCC(CCCCCCCCCCCCCC)COC(=O)C(CC)CCCC. The Morgan fingerprint density at radius 1 is 0.405 bits per heavy atom. The largest absolute Gasteiger partial charge is 0.465 e. The molecule has 2 nitrogen and oxygen atoms in total. The van der Waals surface area contributed by atoms with Gasteiger partial charge < -0.3 is 4.74 Å². The lowest BCUT2D eigenvalue weighted by Gasteiger charge is -2.20. The Morgan fingerprint density at radius 2 is 0.714 bits per heavy atom. The average Bonchev–Trinajstić information content (AvgIpc) is 3.00. The van der Waals surface area contributed by atoms with Crippen molar-refractivity contribution in [2.24, 2.45) is 11.8 Å². The summed E-state index contributed by atoms with van der Waals surface area (Å²) >= 11 is 0. The van der Waals surface area contributed by atoms with Crippen molar-refractivity contribution >= 4 is 5.97 Å². The van der Waals surface area contributed by atoms with Crippen molar-refractivity contribution in [3.05, 3.63) is 0 Å². The van der Waals surface area contributed by atoms with Crippen molar-refractivity contribution in [3.63, 3.8) is 0 Å². The number of ether oxygens (including phenoxy) is 1. The van der Waals surface area contributed by atoms with Crippen LogP contribution in [-0.4, -0.2) is 12.6 Å². The fraction of sp³-hybridized carbons (Fsp3) is 0.975. The van der Waals surface area contributed by atoms with E-state index in [1.54, 1.807) is 0 Å². The minimum absolute atomic E-state index is 0.0756. The molecule has 0 heterocycles. The number of hydrogen-bond donors (Lipinski definition) is 0. The number of carbonyl (C=O) groups is 1. The molecule has 0 amide bonds. The topological polar surface area (TPSA) is 26.3 Å². The predicted molar refractivity (Wildman–Crippen MR) is 188 cm³/mol. The van der Waals surface area contributed by atoms with E-state index in [-0.39, 0.29) is 11.9 Å². The third-order valence-electron chi connectivity index (χ3n) is 9.63. The highest BCUT2D eigenvalue weighted by molar-refractivity contribution is 5.72. The summed E-state index contributed by atoms with van der Waals surface area (Å²) in [6, 6.07) is 0. The summed E-state index contributed by atoms with van der Waals surface area (Å²) < 4.78 is 5.94. The Labute approximate surface area is 266 Å². The van der Waals surface area contributed by atoms with Crippen LogP contribution in [0.5, 0.6) is 0 Å². The van der Waals surface area contributed by atoms with E-state index >= 15 is 0 Å². The predicted octanol–water partition coefficient (Wildman–Crippen LogP) is 14.3. The number of unbranched alkanes of at least 4 members (excludes halogenated alkanes) is 25. The van der Waals surface area contributed by atoms with Crippen molar-refractivity contribution in [2.45, 2.75) is 233 Å². The van der Waals surface area contributed by atoms with E-state index in [2.05, 4.69) is 27.7 Å². The first-order valence-electron chi connectivity index (χ1n) is 19.9. The van der Waals surface area contributed by atoms with Crippen LogP contribution in [0.2, 0.25) is 0 Å². The van der Waals surface area contributed by atoms with E-state index in [9.17, 15) is 4.79 Å². The zero-order valence-corrected chi connectivity index (χ0v) is 29.8. The molecule has 0 aliphatic carbocycles. The maximum atomic E-state index is 12.7. The van der Waals surface area contributed by atoms with E-state index in [0.29, 0.717) is 12.5 Å². The molecule has 0 aromatic carbocycles. The molecule has 0 aliphatic rings. The van der Waals surface area contributed by atoms with Gasteiger partial charge in [0.05, 0.1) is 12.5 Å². The molecular weight excluding hydrogens is 512 g/mol. The summed E-state index contributed by atoms with van der Waals surface area (Å²) in [7, 11) is 0. The molecule has 0 N–H and O–H groups in total. The highest BCUT2D eigenvalue weighted by Gasteiger charge is 2.19. The van der Waals surface area contributed by atoms with Gasteiger partial charge in [0.15, 0.2) is 0 Å². The lowest BCUT2D eigenvalue weighted by molar-refractivity contribution is -0.150. The Kier molecular flexibility index (Phi) is 34.5. The van der Waals surface area contributed by atoms with Gasteiger partial charge in [-0.15, -0.1) is 0 Å². The third-order valence-corrected chi connectivity index (χ3v) is 9.63. The van der Waals surface area contributed by atoms with Crippen molar-refractivity contribution < 1.29 is 9.53 Å². The number of rotatable bonds is 35. The van der Waals surface area contributed by atoms with Crippen LogP contribution in [0.15, 0.2) is 0 Å². The third kappa shape index (κ3) is 29.5. The first-order chi connectivity index (χ1) is 20.7. The van der Waals surface area contributed by atoms with Crippen molar-refractivity contribution in [2.75, 3.05) is 6.61 Å². The molecule has 0 saturated heterocycles. The highest BCUT2D eigenvalue weighted by Crippen LogP contribution is 2.22. The van der Waals surface area contributed by atoms with Crippen LogP contribution in [0.1, 0.15) is 233 Å². The Morgan fingerprint density at radius 3 is 1.02 bits per heavy atom. The normalized spacial score (nSPS) is 13.0. The molecule has 2 atom stereocenters. The van der Waals surface area contributed by atoms with Gasteiger partial charge in [-0.25, -0.2) is 0 Å². The van der Waals surface area contributed by atoms with E-state index in [1.165, 1.54) is 180 Å². The lowest BCUT2D eigenvalue weighted by atomic mass is 9.94. The molecule has 2 heteroatoms. The first kappa shape index (κ1) is 41.5. The fourth-order valence-electron chi connectivity index (χ4n) is 6.47. The zero-order chi connectivity index (χ0) is 30.8. The van der Waals surface area contributed by atoms with Crippen molar-refractivity contribution in [3.8, 4) is 0 Å². The maximum absolute atomic E-state index is 12.7. The molecule has 0 rings (SSSR count). The van der Waals surface area contributed by atoms with E-state index in [1.807, 2.05) is 0 Å². The molecule has 0 spiro atoms. The smallest absolute Gasteiger partial charge is 0.308 e. The monoisotopic (exact) mass is 593 g/mol. The fourth-order valence-corrected chi connectivity index (χ4v) is 6.47. The molecule has 0 aromatic rings. The van der Waals surface area contributed by atoms with Crippen molar-refractivity contribution in [1.82, 2.24) is 0 Å². The van der Waals surface area contributed by atoms with Crippen LogP contribution >= 0.6 is 0 Å². The second-order valence-corrected chi connectivity index (χ2v) is 13.8. The molecule has 0 fully saturated rings. The van der Waals surface area contributed by atoms with Gasteiger partial charge >= 0.3 is 5.97 Å². The van der Waals surface area contributed by atoms with Crippen LogP contribution in [0.25, 0.3) is 0 Å². The van der Waals surface area contributed by atoms with Crippen LogP contribution in [0.4, 0.5) is 0 Å². The van der Waals surface area contributed by atoms with E-state index in [0.717, 1.165) is 25.7 Å². The van der Waals surface area contributed by atoms with Crippen molar-refractivity contribution in [1.29, 1.82) is 0 Å². The summed E-state index contributed by atoms with van der Waals surface area (Å²) in [5.41, 5.74) is 0. The number of esters is 1. The molecule has 0 aliphatic heterocycles. The quantitative estimate of drug-likeness (QED) is 0.0540. The lowest BCUT2D eigenvalue weighted by Crippen LogP contribution is -2.21. The summed E-state index contributed by atoms with van der Waals surface area (Å²) in [6.45, 7) is 9.61. The summed E-state index contributed by atoms with van der Waals surface area (Å²) in [4.78, 5) is 12.7. The molecule has 0 bridgehead atoms. The van der Waals surface area contributed by atoms with Gasteiger partial charge in [-0.1, -0.05) is 207 Å². The standard InChI is InChI=1S/C40H80O2/c1-5-9-12-14-16-18-20-22-23-25-27-29-31-33-35-38(37-42-40(41)39(8-4)36-11-7-3)34-32-30-28-26-24-21-19-17-15-13-10-6-2/h38-39H,5-37H2,1-4H3. The zero-order valence-electron chi connectivity index (χ0n) is 29.8. The first-order valence-corrected chi connectivity index (χ1v) is 19.9. The van der Waals surface area contributed by atoms with Gasteiger partial charge in [0.1, 0.15) is 0 Å². The summed E-state index contributed by atoms with van der Waals surface area (Å²) in [5.74, 6) is 0.753. The van der Waals surface area contributed by atoms with E-state index < -0.39 is 0 Å². The van der Waals surface area contributed by atoms with E-state index in [4.69, 9.17) is 4.74 Å². The van der Waals surface area contributed by atoms with Crippen LogP contribution in [-0.2, 0) is 9.53 Å². The van der Waals surface area contributed by atoms with Gasteiger partial charge in [0.2, 0.25) is 0 Å². The molecule has 42 heavy (non-hydrogen) atoms. The molecular formula is C40H80O2. The summed E-state index contributed by atoms with van der Waals surface area (Å²) in [5, 5.41) is 0. The van der Waals surface area contributed by atoms with Crippen LogP contribution < -0.4 is 0 Å². The van der Waals surface area contributed by atoms with Gasteiger partial charge in [-0.3, -0.25) is 4.79 Å². The van der Waals surface area contributed by atoms with Gasteiger partial charge in [-0.2, -0.15) is 0 Å². The maximum Gasteiger partial charge on any atom is 0.308 e. The molecule has 252 valence electrons. The van der Waals surface area contributed by atoms with Gasteiger partial charge in [0, 0.05) is 0 Å². The van der Waals surface area contributed by atoms with Crippen LogP contribution in [0.3, 0.4) is 0 Å². The molecule has 0 saturated carbocycles. The molecule has 2 unspecified atom stereocenters. The van der Waals surface area contributed by atoms with Gasteiger partial charge in [-0.05, 0) is 31.6 Å². The van der Waals surface area contributed by atoms with Crippen LogP contribution in [0, 0.1) is 11.8 Å². The Balaban J connectivity index is 4.08. The minimum Gasteiger partial charge on any atom is -0.465 e. The number of carbonyl (C=O) groups excluding carboxylic acids is 1. The second kappa shape index (κ2) is 35.0. The Hall–Kier alpha value is -0.530. The minimum atomic E-state index is 0.0756.